The van der Waals surface area contributed by atoms with Gasteiger partial charge in [0.05, 0.1) is 0 Å². The number of nitrogens with one attached hydrogen (secondary N) is 1. The molecule has 1 aromatic carbocycles. The van der Waals surface area contributed by atoms with Crippen LogP contribution in [0.1, 0.15) is 15.9 Å². The van der Waals surface area contributed by atoms with E-state index in [1.807, 2.05) is 18.2 Å². The summed E-state index contributed by atoms with van der Waals surface area (Å²) >= 11 is 0. The summed E-state index contributed by atoms with van der Waals surface area (Å²) < 4.78 is 0. The summed E-state index contributed by atoms with van der Waals surface area (Å²) in [6.45, 7) is 0.655. The highest BCUT2D eigenvalue weighted by Gasteiger charge is 2.15. The molecule has 1 radical (unpaired) electrons. The van der Waals surface area contributed by atoms with Gasteiger partial charge >= 0.3 is 0 Å². The Morgan fingerprint density at radius 1 is 1.36 bits per heavy atom. The molecule has 0 aliphatic carbocycles. The second kappa shape index (κ2) is 2.36. The molecule has 0 bridgehead atoms. The minimum atomic E-state index is -0.174. The Balaban J connectivity index is 2.52. The lowest BCUT2D eigenvalue weighted by Gasteiger charge is -2.13. The van der Waals surface area contributed by atoms with Crippen molar-refractivity contribution in [1.29, 1.82) is 0 Å². The van der Waals surface area contributed by atoms with Gasteiger partial charge in [-0.25, -0.2) is 5.43 Å². The van der Waals surface area contributed by atoms with Crippen LogP contribution in [0.4, 0.5) is 0 Å². The lowest BCUT2D eigenvalue weighted by molar-refractivity contribution is 0.0913. The van der Waals surface area contributed by atoms with Crippen molar-refractivity contribution in [2.45, 2.75) is 6.54 Å². The quantitative estimate of drug-likeness (QED) is 0.579. The van der Waals surface area contributed by atoms with Crippen molar-refractivity contribution in [1.82, 2.24) is 10.9 Å². The monoisotopic (exact) mass is 147 g/mol. The summed E-state index contributed by atoms with van der Waals surface area (Å²) in [6, 6.07) is 7.48. The zero-order valence-corrected chi connectivity index (χ0v) is 5.87. The predicted molar refractivity (Wildman–Crippen MR) is 39.7 cm³/mol. The SMILES string of the molecule is O=C1[N]NCc2ccccc21. The number of carbonyl (C=O) groups is 1. The molecule has 0 saturated heterocycles. The predicted octanol–water partition coefficient (Wildman–Crippen LogP) is 0.449. The van der Waals surface area contributed by atoms with Crippen LogP contribution in [-0.4, -0.2) is 5.91 Å². The number of fused-ring (bicyclic) bond motifs is 1. The molecule has 1 amide bonds. The Morgan fingerprint density at radius 2 is 2.18 bits per heavy atom. The van der Waals surface area contributed by atoms with E-state index in [0.29, 0.717) is 12.1 Å². The molecule has 3 nitrogen and oxygen atoms in total. The first-order chi connectivity index (χ1) is 5.38. The number of benzene rings is 1. The van der Waals surface area contributed by atoms with Gasteiger partial charge in [0.15, 0.2) is 0 Å². The van der Waals surface area contributed by atoms with Gasteiger partial charge in [0.25, 0.3) is 5.91 Å². The van der Waals surface area contributed by atoms with Gasteiger partial charge in [-0.15, -0.1) is 0 Å². The van der Waals surface area contributed by atoms with Crippen LogP contribution in [0, 0.1) is 0 Å². The molecule has 0 aromatic heterocycles. The van der Waals surface area contributed by atoms with Gasteiger partial charge in [-0.05, 0) is 11.6 Å². The fourth-order valence-corrected chi connectivity index (χ4v) is 1.14. The first-order valence-corrected chi connectivity index (χ1v) is 3.44. The average Bonchev–Trinajstić information content (AvgIpc) is 2.06. The van der Waals surface area contributed by atoms with Gasteiger partial charge in [0, 0.05) is 12.1 Å². The van der Waals surface area contributed by atoms with E-state index >= 15 is 0 Å². The van der Waals surface area contributed by atoms with Crippen LogP contribution in [0.25, 0.3) is 0 Å². The molecule has 3 heteroatoms. The van der Waals surface area contributed by atoms with E-state index < -0.39 is 0 Å². The number of hydrogen-bond donors (Lipinski definition) is 1. The van der Waals surface area contributed by atoms with Gasteiger partial charge in [0.2, 0.25) is 0 Å². The molecule has 0 saturated carbocycles. The third-order valence-corrected chi connectivity index (χ3v) is 1.70. The van der Waals surface area contributed by atoms with Gasteiger partial charge in [-0.1, -0.05) is 18.2 Å². The lowest BCUT2D eigenvalue weighted by Crippen LogP contribution is -2.35. The van der Waals surface area contributed by atoms with Crippen molar-refractivity contribution in [3.63, 3.8) is 0 Å². The van der Waals surface area contributed by atoms with Gasteiger partial charge < -0.3 is 0 Å². The van der Waals surface area contributed by atoms with E-state index in [0.717, 1.165) is 5.56 Å². The Hall–Kier alpha value is -1.35. The summed E-state index contributed by atoms with van der Waals surface area (Å²) in [6.07, 6.45) is 0. The topological polar surface area (TPSA) is 43.2 Å². The average molecular weight is 147 g/mol. The minimum absolute atomic E-state index is 0.174. The minimum Gasteiger partial charge on any atom is -0.266 e. The van der Waals surface area contributed by atoms with Crippen LogP contribution in [0.3, 0.4) is 0 Å². The second-order valence-corrected chi connectivity index (χ2v) is 2.41. The standard InChI is InChI=1S/C8H7N2O/c11-8-7-4-2-1-3-6(7)5-9-10-8/h1-4,9H,5H2. The van der Waals surface area contributed by atoms with Crippen LogP contribution in [0.15, 0.2) is 24.3 Å². The molecule has 1 heterocycles. The number of nitrogens with zero attached hydrogens (tertiary/aromatic N) is 1. The molecule has 1 aliphatic heterocycles. The molecule has 0 fully saturated rings. The van der Waals surface area contributed by atoms with Crippen molar-refractivity contribution < 1.29 is 4.79 Å². The molecule has 0 unspecified atom stereocenters. The van der Waals surface area contributed by atoms with Crippen LogP contribution < -0.4 is 10.9 Å². The largest absolute Gasteiger partial charge is 0.289 e. The Morgan fingerprint density at radius 3 is 3.00 bits per heavy atom. The second-order valence-electron chi connectivity index (χ2n) is 2.41. The molecule has 1 aromatic rings. The van der Waals surface area contributed by atoms with E-state index in [1.54, 1.807) is 6.07 Å². The summed E-state index contributed by atoms with van der Waals surface area (Å²) in [5, 5.41) is 0. The molecule has 1 aliphatic rings. The van der Waals surface area contributed by atoms with Crippen molar-refractivity contribution >= 4 is 5.91 Å². The van der Waals surface area contributed by atoms with Crippen molar-refractivity contribution in [2.75, 3.05) is 0 Å². The molecule has 11 heavy (non-hydrogen) atoms. The highest BCUT2D eigenvalue weighted by Crippen LogP contribution is 2.10. The summed E-state index contributed by atoms with van der Waals surface area (Å²) in [5.74, 6) is -0.174. The maximum absolute atomic E-state index is 11.1. The normalized spacial score (nSPS) is 15.5. The highest BCUT2D eigenvalue weighted by molar-refractivity contribution is 5.95. The molecule has 1 N–H and O–H groups in total. The molecule has 55 valence electrons. The first kappa shape index (κ1) is 6.37. The van der Waals surface area contributed by atoms with Crippen LogP contribution in [0.5, 0.6) is 0 Å². The highest BCUT2D eigenvalue weighted by atomic mass is 16.2. The zero-order chi connectivity index (χ0) is 7.68. The Labute approximate surface area is 64.4 Å². The van der Waals surface area contributed by atoms with Gasteiger partial charge in [-0.3, -0.25) is 4.79 Å². The third kappa shape index (κ3) is 0.991. The molecule has 2 rings (SSSR count). The van der Waals surface area contributed by atoms with E-state index in [-0.39, 0.29) is 5.91 Å². The molecular weight excluding hydrogens is 140 g/mol. The van der Waals surface area contributed by atoms with Crippen LogP contribution in [-0.2, 0) is 6.54 Å². The molecular formula is C8H7N2O. The van der Waals surface area contributed by atoms with Crippen LogP contribution >= 0.6 is 0 Å². The van der Waals surface area contributed by atoms with Gasteiger partial charge in [-0.2, -0.15) is 5.43 Å². The Bertz CT molecular complexity index is 296. The maximum atomic E-state index is 11.1. The summed E-state index contributed by atoms with van der Waals surface area (Å²) in [5.41, 5.74) is 7.98. The summed E-state index contributed by atoms with van der Waals surface area (Å²) in [7, 11) is 0. The maximum Gasteiger partial charge on any atom is 0.289 e. The van der Waals surface area contributed by atoms with Crippen molar-refractivity contribution in [3.8, 4) is 0 Å². The Kier molecular flexibility index (Phi) is 1.36. The van der Waals surface area contributed by atoms with E-state index in [4.69, 9.17) is 0 Å². The zero-order valence-electron chi connectivity index (χ0n) is 5.87. The fourth-order valence-electron chi connectivity index (χ4n) is 1.14. The third-order valence-electron chi connectivity index (χ3n) is 1.70. The molecule has 0 spiro atoms. The number of amides is 1. The van der Waals surface area contributed by atoms with E-state index in [1.165, 1.54) is 0 Å². The lowest BCUT2D eigenvalue weighted by atomic mass is 10.1. The van der Waals surface area contributed by atoms with Crippen LogP contribution in [0.2, 0.25) is 0 Å². The number of rotatable bonds is 0. The van der Waals surface area contributed by atoms with Crippen molar-refractivity contribution in [2.24, 2.45) is 0 Å². The first-order valence-electron chi connectivity index (χ1n) is 3.44. The fraction of sp³-hybridized carbons (Fsp3) is 0.125. The smallest absolute Gasteiger partial charge is 0.266 e. The number of hydrogen-bond acceptors (Lipinski definition) is 2. The van der Waals surface area contributed by atoms with Crippen molar-refractivity contribution in [3.05, 3.63) is 35.4 Å². The molecule has 0 atom stereocenters. The van der Waals surface area contributed by atoms with Gasteiger partial charge in [0.1, 0.15) is 0 Å². The number of carbonyl (C=O) groups excluding carboxylic acids is 1. The summed E-state index contributed by atoms with van der Waals surface area (Å²) in [4.78, 5) is 11.1. The van der Waals surface area contributed by atoms with E-state index in [2.05, 4.69) is 10.9 Å². The van der Waals surface area contributed by atoms with E-state index in [9.17, 15) is 4.79 Å².